The molecule has 4 atom stereocenters. The fraction of sp³-hybridized carbons (Fsp3) is 0.526. The molecule has 2 aliphatic rings. The van der Waals surface area contributed by atoms with Gasteiger partial charge in [0, 0.05) is 18.7 Å². The van der Waals surface area contributed by atoms with Crippen LogP contribution in [0, 0.1) is 17.8 Å². The second-order valence-electron chi connectivity index (χ2n) is 7.12. The first-order valence-corrected chi connectivity index (χ1v) is 8.61. The predicted octanol–water partition coefficient (Wildman–Crippen LogP) is 1.14. The van der Waals surface area contributed by atoms with Crippen molar-refractivity contribution in [2.75, 3.05) is 21.3 Å². The maximum Gasteiger partial charge on any atom is 0.327 e. The van der Waals surface area contributed by atoms with Crippen LogP contribution in [-0.2, 0) is 19.1 Å². The number of amides is 2. The average Bonchev–Trinajstić information content (AvgIpc) is 3.12. The first-order valence-electron chi connectivity index (χ1n) is 8.61. The van der Waals surface area contributed by atoms with Crippen molar-refractivity contribution < 1.29 is 23.9 Å². The van der Waals surface area contributed by atoms with Gasteiger partial charge >= 0.3 is 5.97 Å². The highest BCUT2D eigenvalue weighted by Gasteiger charge is 2.69. The predicted molar refractivity (Wildman–Crippen MR) is 93.2 cm³/mol. The van der Waals surface area contributed by atoms with Crippen molar-refractivity contribution in [3.8, 4) is 5.75 Å². The Morgan fingerprint density at radius 2 is 1.85 bits per heavy atom. The summed E-state index contributed by atoms with van der Waals surface area (Å²) in [6, 6.07) is 6.78. The molecule has 0 saturated carbocycles. The number of benzene rings is 1. The number of methoxy groups -OCH3 is 2. The molecule has 7 heteroatoms. The highest BCUT2D eigenvalue weighted by atomic mass is 16.5. The number of rotatable bonds is 4. The summed E-state index contributed by atoms with van der Waals surface area (Å²) in [4.78, 5) is 39.7. The van der Waals surface area contributed by atoms with Gasteiger partial charge in [-0.05, 0) is 12.0 Å². The van der Waals surface area contributed by atoms with E-state index in [-0.39, 0.29) is 17.7 Å². The summed E-state index contributed by atoms with van der Waals surface area (Å²) in [6.45, 7) is 3.70. The molecule has 1 aromatic rings. The highest BCUT2D eigenvalue weighted by molar-refractivity contribution is 6.09. The molecule has 0 spiro atoms. The van der Waals surface area contributed by atoms with E-state index >= 15 is 0 Å². The van der Waals surface area contributed by atoms with E-state index in [0.717, 1.165) is 10.5 Å². The van der Waals surface area contributed by atoms with Gasteiger partial charge in [0.25, 0.3) is 0 Å². The smallest absolute Gasteiger partial charge is 0.327 e. The lowest BCUT2D eigenvalue weighted by Gasteiger charge is -2.35. The molecule has 0 aliphatic carbocycles. The molecule has 2 saturated heterocycles. The average molecular weight is 360 g/mol. The van der Waals surface area contributed by atoms with Gasteiger partial charge in [0.1, 0.15) is 11.3 Å². The van der Waals surface area contributed by atoms with Crippen molar-refractivity contribution in [2.24, 2.45) is 17.8 Å². The number of fused-ring (bicyclic) bond motifs is 1. The lowest BCUT2D eigenvalue weighted by molar-refractivity contribution is -0.156. The maximum atomic E-state index is 12.9. The Hall–Kier alpha value is -2.41. The summed E-state index contributed by atoms with van der Waals surface area (Å²) in [5, 5.41) is 3.31. The van der Waals surface area contributed by atoms with Crippen LogP contribution in [0.2, 0.25) is 0 Å². The molecule has 1 N–H and O–H groups in total. The number of carbonyl (C=O) groups excluding carboxylic acids is 3. The van der Waals surface area contributed by atoms with Crippen LogP contribution in [0.4, 0.5) is 0 Å². The van der Waals surface area contributed by atoms with Crippen molar-refractivity contribution in [3.05, 3.63) is 29.8 Å². The van der Waals surface area contributed by atoms with Crippen LogP contribution in [0.25, 0.3) is 0 Å². The van der Waals surface area contributed by atoms with Crippen molar-refractivity contribution >= 4 is 17.8 Å². The van der Waals surface area contributed by atoms with Crippen LogP contribution in [0.15, 0.2) is 24.3 Å². The molecule has 7 nitrogen and oxygen atoms in total. The third-order valence-corrected chi connectivity index (χ3v) is 5.72. The van der Waals surface area contributed by atoms with Crippen LogP contribution >= 0.6 is 0 Å². The molecule has 26 heavy (non-hydrogen) atoms. The van der Waals surface area contributed by atoms with Gasteiger partial charge < -0.3 is 9.47 Å². The standard InChI is InChI=1S/C19H24N2O5/c1-10(2)19(18(24)26-5)14-13(16(22)21(3)17(14)23)15(20-19)11-8-6-7-9-12(11)25-4/h6-10,13-15,20H,1-5H3/t13-,14+,15-,19+/m0/s1. The van der Waals surface area contributed by atoms with Crippen molar-refractivity contribution in [2.45, 2.75) is 25.4 Å². The van der Waals surface area contributed by atoms with Crippen molar-refractivity contribution in [3.63, 3.8) is 0 Å². The number of hydrogen-bond acceptors (Lipinski definition) is 6. The second-order valence-corrected chi connectivity index (χ2v) is 7.12. The molecule has 0 radical (unpaired) electrons. The SMILES string of the molecule is COC(=O)[C@]1(C(C)C)N[C@@H](c2ccccc2OC)[C@H]2C(=O)N(C)C(=O)[C@@H]21. The Kier molecular flexibility index (Phi) is 4.52. The van der Waals surface area contributed by atoms with Gasteiger partial charge in [-0.1, -0.05) is 32.0 Å². The van der Waals surface area contributed by atoms with Crippen LogP contribution < -0.4 is 10.1 Å². The molecular weight excluding hydrogens is 336 g/mol. The molecular formula is C19H24N2O5. The van der Waals surface area contributed by atoms with Gasteiger partial charge in [0.2, 0.25) is 11.8 Å². The number of imide groups is 1. The van der Waals surface area contributed by atoms with Crippen LogP contribution in [0.1, 0.15) is 25.5 Å². The summed E-state index contributed by atoms with van der Waals surface area (Å²) in [6.07, 6.45) is 0. The minimum Gasteiger partial charge on any atom is -0.496 e. The van der Waals surface area contributed by atoms with E-state index in [1.54, 1.807) is 13.2 Å². The van der Waals surface area contributed by atoms with Gasteiger partial charge in [0.05, 0.1) is 26.1 Å². The Balaban J connectivity index is 2.21. The first kappa shape index (κ1) is 18.4. The third-order valence-electron chi connectivity index (χ3n) is 5.72. The Morgan fingerprint density at radius 3 is 2.42 bits per heavy atom. The first-order chi connectivity index (χ1) is 12.3. The number of carbonyl (C=O) groups is 3. The molecule has 2 fully saturated rings. The Morgan fingerprint density at radius 1 is 1.19 bits per heavy atom. The Bertz CT molecular complexity index is 762. The van der Waals surface area contributed by atoms with Crippen LogP contribution in [0.3, 0.4) is 0 Å². The molecule has 2 aliphatic heterocycles. The van der Waals surface area contributed by atoms with E-state index in [0.29, 0.717) is 5.75 Å². The zero-order chi connectivity index (χ0) is 19.2. The van der Waals surface area contributed by atoms with Crippen LogP contribution in [-0.4, -0.2) is 49.5 Å². The molecule has 0 aromatic heterocycles. The van der Waals surface area contributed by atoms with Crippen LogP contribution in [0.5, 0.6) is 5.75 Å². The monoisotopic (exact) mass is 360 g/mol. The number of nitrogens with one attached hydrogen (secondary N) is 1. The second kappa shape index (κ2) is 6.39. The molecule has 2 amide bonds. The topological polar surface area (TPSA) is 84.9 Å². The molecule has 3 rings (SSSR count). The molecule has 2 heterocycles. The maximum absolute atomic E-state index is 12.9. The number of hydrogen-bond donors (Lipinski definition) is 1. The van der Waals surface area contributed by atoms with Gasteiger partial charge in [-0.3, -0.25) is 24.6 Å². The van der Waals surface area contributed by atoms with Gasteiger partial charge in [-0.15, -0.1) is 0 Å². The molecule has 0 unspecified atom stereocenters. The lowest BCUT2D eigenvalue weighted by Crippen LogP contribution is -2.59. The fourth-order valence-corrected chi connectivity index (χ4v) is 4.40. The minimum absolute atomic E-state index is 0.259. The molecule has 140 valence electrons. The van der Waals surface area contributed by atoms with E-state index in [1.807, 2.05) is 32.0 Å². The van der Waals surface area contributed by atoms with Gasteiger partial charge in [-0.25, -0.2) is 0 Å². The summed E-state index contributed by atoms with van der Waals surface area (Å²) in [5.41, 5.74) is -0.532. The number of para-hydroxylation sites is 1. The zero-order valence-corrected chi connectivity index (χ0v) is 15.6. The third kappa shape index (κ3) is 2.26. The number of ether oxygens (including phenoxy) is 2. The summed E-state index contributed by atoms with van der Waals surface area (Å²) in [7, 11) is 4.31. The Labute approximate surface area is 152 Å². The largest absolute Gasteiger partial charge is 0.496 e. The molecule has 0 bridgehead atoms. The van der Waals surface area contributed by atoms with Gasteiger partial charge in [-0.2, -0.15) is 0 Å². The van der Waals surface area contributed by atoms with E-state index in [2.05, 4.69) is 5.32 Å². The number of nitrogens with zero attached hydrogens (tertiary/aromatic N) is 1. The highest BCUT2D eigenvalue weighted by Crippen LogP contribution is 2.52. The minimum atomic E-state index is -1.28. The molecule has 1 aromatic carbocycles. The lowest BCUT2D eigenvalue weighted by atomic mass is 9.73. The van der Waals surface area contributed by atoms with Crippen molar-refractivity contribution in [1.82, 2.24) is 10.2 Å². The van der Waals surface area contributed by atoms with E-state index in [9.17, 15) is 14.4 Å². The summed E-state index contributed by atoms with van der Waals surface area (Å²) < 4.78 is 10.5. The van der Waals surface area contributed by atoms with Crippen molar-refractivity contribution in [1.29, 1.82) is 0 Å². The summed E-state index contributed by atoms with van der Waals surface area (Å²) >= 11 is 0. The number of likely N-dealkylation sites (tertiary alicyclic amines) is 1. The number of esters is 1. The quantitative estimate of drug-likeness (QED) is 0.640. The van der Waals surface area contributed by atoms with E-state index < -0.39 is 29.4 Å². The zero-order valence-electron chi connectivity index (χ0n) is 15.6. The normalized spacial score (nSPS) is 30.7. The summed E-state index contributed by atoms with van der Waals surface area (Å²) in [5.74, 6) is -2.35. The van der Waals surface area contributed by atoms with E-state index in [4.69, 9.17) is 9.47 Å². The van der Waals surface area contributed by atoms with Gasteiger partial charge in [0.15, 0.2) is 0 Å². The van der Waals surface area contributed by atoms with E-state index in [1.165, 1.54) is 14.2 Å². The fourth-order valence-electron chi connectivity index (χ4n) is 4.40.